The molecule has 0 amide bonds. The molecule has 0 spiro atoms. The first-order chi connectivity index (χ1) is 25.8. The third kappa shape index (κ3) is 6.10. The van der Waals surface area contributed by atoms with Crippen LogP contribution < -0.4 is 0 Å². The van der Waals surface area contributed by atoms with Gasteiger partial charge in [0.25, 0.3) is 0 Å². The molecule has 4 aromatic carbocycles. The van der Waals surface area contributed by atoms with Gasteiger partial charge in [0.2, 0.25) is 0 Å². The highest BCUT2D eigenvalue weighted by molar-refractivity contribution is 6.22. The maximum Gasteiger partial charge on any atom is 0.0803 e. The number of nitrogens with zero attached hydrogens (tertiary/aromatic N) is 6. The molecule has 244 valence electrons. The van der Waals surface area contributed by atoms with Crippen LogP contribution in [-0.4, -0.2) is 31.4 Å². The van der Waals surface area contributed by atoms with Gasteiger partial charge in [-0.15, -0.1) is 0 Å². The molecule has 0 saturated carbocycles. The molecule has 0 aliphatic carbocycles. The van der Waals surface area contributed by atoms with Crippen LogP contribution in [0.15, 0.2) is 193 Å². The third-order valence-corrected chi connectivity index (χ3v) is 9.23. The third-order valence-electron chi connectivity index (χ3n) is 9.23. The van der Waals surface area contributed by atoms with E-state index in [1.165, 1.54) is 0 Å². The first-order valence-corrected chi connectivity index (χ1v) is 17.1. The molecule has 52 heavy (non-hydrogen) atoms. The summed E-state index contributed by atoms with van der Waals surface area (Å²) in [7, 11) is 0. The fraction of sp³-hybridized carbons (Fsp3) is 0. The molecule has 0 N–H and O–H groups in total. The van der Waals surface area contributed by atoms with Crippen LogP contribution in [0.2, 0.25) is 0 Å². The maximum absolute atomic E-state index is 5.35. The number of pyridine rings is 4. The molecule has 1 aliphatic heterocycles. The molecule has 9 rings (SSSR count). The Morgan fingerprint density at radius 1 is 0.269 bits per heavy atom. The second-order valence-electron chi connectivity index (χ2n) is 12.5. The number of hydrogen-bond donors (Lipinski definition) is 0. The van der Waals surface area contributed by atoms with E-state index in [0.29, 0.717) is 0 Å². The summed E-state index contributed by atoms with van der Waals surface area (Å²) in [6.45, 7) is 0. The highest BCUT2D eigenvalue weighted by atomic mass is 14.8. The van der Waals surface area contributed by atoms with Gasteiger partial charge in [0.05, 0.1) is 22.8 Å². The van der Waals surface area contributed by atoms with E-state index in [1.807, 2.05) is 85.7 Å². The molecular formula is C46H30N6. The Kier molecular flexibility index (Phi) is 8.08. The van der Waals surface area contributed by atoms with Gasteiger partial charge in [-0.2, -0.15) is 0 Å². The van der Waals surface area contributed by atoms with Crippen molar-refractivity contribution < 1.29 is 0 Å². The number of rotatable bonds is 6. The number of aliphatic imine (C=N–C) groups is 2. The summed E-state index contributed by atoms with van der Waals surface area (Å²) in [4.78, 5) is 28.3. The number of aromatic nitrogens is 4. The summed E-state index contributed by atoms with van der Waals surface area (Å²) in [5.41, 5.74) is 15.8. The zero-order valence-electron chi connectivity index (χ0n) is 28.0. The lowest BCUT2D eigenvalue weighted by Gasteiger charge is -2.18. The van der Waals surface area contributed by atoms with E-state index in [9.17, 15) is 0 Å². The SMILES string of the molecule is c1cncc(-c2cncc(-c3ccc(C4=Nc5ccccc5C(c5ccc(-c6cncc(-c7cccnc7)c6)cc5)=Nc5ccccc54)cc3)c2)c1. The van der Waals surface area contributed by atoms with Crippen molar-refractivity contribution in [2.75, 3.05) is 0 Å². The molecule has 0 saturated heterocycles. The van der Waals surface area contributed by atoms with Gasteiger partial charge in [-0.25, -0.2) is 9.98 Å². The zero-order chi connectivity index (χ0) is 34.7. The van der Waals surface area contributed by atoms with Crippen molar-refractivity contribution in [3.63, 3.8) is 0 Å². The minimum Gasteiger partial charge on any atom is -0.264 e. The minimum atomic E-state index is 0.862. The van der Waals surface area contributed by atoms with Crippen molar-refractivity contribution in [3.05, 3.63) is 205 Å². The lowest BCUT2D eigenvalue weighted by atomic mass is 9.94. The van der Waals surface area contributed by atoms with E-state index in [-0.39, 0.29) is 0 Å². The lowest BCUT2D eigenvalue weighted by molar-refractivity contribution is 1.30. The summed E-state index contributed by atoms with van der Waals surface area (Å²) in [6, 6.07) is 45.8. The largest absolute Gasteiger partial charge is 0.264 e. The second kappa shape index (κ2) is 13.6. The van der Waals surface area contributed by atoms with Crippen LogP contribution in [0.1, 0.15) is 22.3 Å². The average Bonchev–Trinajstić information content (AvgIpc) is 3.22. The van der Waals surface area contributed by atoms with Crippen molar-refractivity contribution in [2.24, 2.45) is 9.98 Å². The van der Waals surface area contributed by atoms with Gasteiger partial charge >= 0.3 is 0 Å². The molecule has 6 nitrogen and oxygen atoms in total. The fourth-order valence-electron chi connectivity index (χ4n) is 6.56. The number of para-hydroxylation sites is 2. The summed E-state index contributed by atoms with van der Waals surface area (Å²) in [5, 5.41) is 0. The first kappa shape index (κ1) is 30.8. The summed E-state index contributed by atoms with van der Waals surface area (Å²) in [5.74, 6) is 0. The van der Waals surface area contributed by atoms with Crippen LogP contribution in [0.4, 0.5) is 11.4 Å². The number of hydrogen-bond acceptors (Lipinski definition) is 6. The van der Waals surface area contributed by atoms with Crippen LogP contribution in [0, 0.1) is 0 Å². The van der Waals surface area contributed by atoms with Crippen molar-refractivity contribution in [2.45, 2.75) is 0 Å². The van der Waals surface area contributed by atoms with E-state index in [0.717, 1.165) is 89.6 Å². The Morgan fingerprint density at radius 2 is 0.635 bits per heavy atom. The lowest BCUT2D eigenvalue weighted by Crippen LogP contribution is -2.10. The highest BCUT2D eigenvalue weighted by Crippen LogP contribution is 2.35. The van der Waals surface area contributed by atoms with Crippen LogP contribution in [0.5, 0.6) is 0 Å². The van der Waals surface area contributed by atoms with Gasteiger partial charge in [0.1, 0.15) is 0 Å². The predicted octanol–water partition coefficient (Wildman–Crippen LogP) is 10.6. The van der Waals surface area contributed by atoms with E-state index in [4.69, 9.17) is 9.98 Å². The molecule has 0 bridgehead atoms. The summed E-state index contributed by atoms with van der Waals surface area (Å²) in [6.07, 6.45) is 14.8. The van der Waals surface area contributed by atoms with Crippen LogP contribution in [0.3, 0.4) is 0 Å². The topological polar surface area (TPSA) is 76.3 Å². The number of fused-ring (bicyclic) bond motifs is 2. The van der Waals surface area contributed by atoms with Crippen LogP contribution in [-0.2, 0) is 0 Å². The minimum absolute atomic E-state index is 0.862. The predicted molar refractivity (Wildman–Crippen MR) is 209 cm³/mol. The quantitative estimate of drug-likeness (QED) is 0.177. The first-order valence-electron chi connectivity index (χ1n) is 17.1. The summed E-state index contributed by atoms with van der Waals surface area (Å²) >= 11 is 0. The van der Waals surface area contributed by atoms with Crippen molar-refractivity contribution in [1.29, 1.82) is 0 Å². The monoisotopic (exact) mass is 666 g/mol. The molecule has 6 heteroatoms. The normalized spacial score (nSPS) is 12.1. The van der Waals surface area contributed by atoms with Gasteiger partial charge in [0.15, 0.2) is 0 Å². The standard InChI is InChI=1S/C46H30N6/c1-3-11-43-41(9-1)45(33-17-13-31(14-18-33)37-23-39(29-49-27-37)35-7-5-21-47-25-35)52-44-12-4-2-10-42(44)46(51-43)34-19-15-32(16-20-34)38-24-40(30-50-28-38)36-8-6-22-48-26-36/h1-30H. The van der Waals surface area contributed by atoms with E-state index >= 15 is 0 Å². The van der Waals surface area contributed by atoms with Crippen molar-refractivity contribution >= 4 is 22.8 Å². The Balaban J connectivity index is 1.07. The van der Waals surface area contributed by atoms with E-state index < -0.39 is 0 Å². The molecule has 8 aromatic rings. The van der Waals surface area contributed by atoms with E-state index in [1.54, 1.807) is 12.4 Å². The Labute approximate surface area is 301 Å². The highest BCUT2D eigenvalue weighted by Gasteiger charge is 2.20. The molecule has 5 heterocycles. The van der Waals surface area contributed by atoms with Gasteiger partial charge in [-0.3, -0.25) is 19.9 Å². The Morgan fingerprint density at radius 3 is 1.04 bits per heavy atom. The van der Waals surface area contributed by atoms with Crippen LogP contribution >= 0.6 is 0 Å². The Hall–Kier alpha value is -7.18. The van der Waals surface area contributed by atoms with Crippen molar-refractivity contribution in [3.8, 4) is 44.5 Å². The average molecular weight is 667 g/mol. The van der Waals surface area contributed by atoms with Gasteiger partial charge < -0.3 is 0 Å². The number of benzene rings is 4. The maximum atomic E-state index is 5.35. The zero-order valence-corrected chi connectivity index (χ0v) is 28.0. The Bertz CT molecular complexity index is 2410. The molecule has 1 aliphatic rings. The smallest absolute Gasteiger partial charge is 0.0803 e. The molecular weight excluding hydrogens is 637 g/mol. The van der Waals surface area contributed by atoms with Crippen molar-refractivity contribution in [1.82, 2.24) is 19.9 Å². The molecule has 0 radical (unpaired) electrons. The molecule has 0 fully saturated rings. The van der Waals surface area contributed by atoms with E-state index in [2.05, 4.69) is 105 Å². The van der Waals surface area contributed by atoms with Gasteiger partial charge in [-0.05, 0) is 47.5 Å². The fourth-order valence-corrected chi connectivity index (χ4v) is 6.56. The molecule has 4 aromatic heterocycles. The summed E-state index contributed by atoms with van der Waals surface area (Å²) < 4.78 is 0. The van der Waals surface area contributed by atoms with Gasteiger partial charge in [-0.1, -0.05) is 97.1 Å². The molecule has 0 unspecified atom stereocenters. The van der Waals surface area contributed by atoms with Gasteiger partial charge in [0, 0.05) is 105 Å². The molecule has 0 atom stereocenters. The van der Waals surface area contributed by atoms with Crippen LogP contribution in [0.25, 0.3) is 44.5 Å². The second-order valence-corrected chi connectivity index (χ2v) is 12.5.